The van der Waals surface area contributed by atoms with E-state index in [1.54, 1.807) is 0 Å². The van der Waals surface area contributed by atoms with Gasteiger partial charge in [0.15, 0.2) is 0 Å². The van der Waals surface area contributed by atoms with Crippen LogP contribution in [-0.4, -0.2) is 0 Å². The molecule has 0 saturated carbocycles. The molecule has 0 bridgehead atoms. The normalized spacial score (nSPS) is 12.7. The topological polar surface area (TPSA) is 0 Å². The van der Waals surface area contributed by atoms with Gasteiger partial charge >= 0.3 is 0 Å². The third-order valence-corrected chi connectivity index (χ3v) is 5.04. The third-order valence-electron chi connectivity index (χ3n) is 5.04. The van der Waals surface area contributed by atoms with Gasteiger partial charge in [0, 0.05) is 0 Å². The SMILES string of the molecule is [CH2]CCCCC(CCCC)CCCCCCCCCCCC. The molecule has 0 nitrogen and oxygen atoms in total. The van der Waals surface area contributed by atoms with Gasteiger partial charge in [-0.15, -0.1) is 0 Å². The predicted octanol–water partition coefficient (Wildman–Crippen LogP) is 8.50. The minimum atomic E-state index is 1.01. The lowest BCUT2D eigenvalue weighted by atomic mass is 9.90. The molecule has 0 aliphatic heterocycles. The van der Waals surface area contributed by atoms with Gasteiger partial charge < -0.3 is 0 Å². The van der Waals surface area contributed by atoms with Crippen LogP contribution < -0.4 is 0 Å². The molecule has 1 unspecified atom stereocenters. The molecule has 0 fully saturated rings. The van der Waals surface area contributed by atoms with Gasteiger partial charge in [0.05, 0.1) is 0 Å². The molecule has 0 aromatic rings. The van der Waals surface area contributed by atoms with Gasteiger partial charge in [0.1, 0.15) is 0 Å². The van der Waals surface area contributed by atoms with Crippen molar-refractivity contribution in [2.75, 3.05) is 0 Å². The number of hydrogen-bond donors (Lipinski definition) is 0. The Balaban J connectivity index is 3.41. The summed E-state index contributed by atoms with van der Waals surface area (Å²) in [7, 11) is 0. The molecule has 0 aliphatic carbocycles. The highest BCUT2D eigenvalue weighted by molar-refractivity contribution is 4.61. The molecule has 0 amide bonds. The van der Waals surface area contributed by atoms with Crippen LogP contribution in [0.15, 0.2) is 0 Å². The maximum Gasteiger partial charge on any atom is -0.0414 e. The summed E-state index contributed by atoms with van der Waals surface area (Å²) < 4.78 is 0. The highest BCUT2D eigenvalue weighted by Crippen LogP contribution is 2.23. The second kappa shape index (κ2) is 19.0. The lowest BCUT2D eigenvalue weighted by molar-refractivity contribution is 0.374. The second-order valence-corrected chi connectivity index (χ2v) is 7.33. The average Bonchev–Trinajstić information content (AvgIpc) is 2.53. The van der Waals surface area contributed by atoms with Crippen LogP contribution in [0.2, 0.25) is 0 Å². The number of hydrogen-bond acceptors (Lipinski definition) is 0. The van der Waals surface area contributed by atoms with Crippen LogP contribution >= 0.6 is 0 Å². The van der Waals surface area contributed by atoms with Crippen molar-refractivity contribution in [2.24, 2.45) is 5.92 Å². The van der Waals surface area contributed by atoms with Crippen molar-refractivity contribution >= 4 is 0 Å². The Kier molecular flexibility index (Phi) is 19.0. The molecule has 0 aromatic carbocycles. The summed E-state index contributed by atoms with van der Waals surface area (Å²) in [5, 5.41) is 0. The standard InChI is InChI=1S/C22H45/c1-4-7-10-11-12-13-14-15-16-18-21-22(19-9-6-3)20-17-8-5-2/h22H,2,4-21H2,1,3H3. The molecule has 0 heteroatoms. The summed E-state index contributed by atoms with van der Waals surface area (Å²) in [6, 6.07) is 0. The van der Waals surface area contributed by atoms with Crippen molar-refractivity contribution in [2.45, 2.75) is 129 Å². The minimum Gasteiger partial charge on any atom is -0.0654 e. The highest BCUT2D eigenvalue weighted by Gasteiger charge is 2.07. The molecule has 0 aliphatic rings. The van der Waals surface area contributed by atoms with Crippen molar-refractivity contribution < 1.29 is 0 Å². The van der Waals surface area contributed by atoms with E-state index in [9.17, 15) is 0 Å². The number of rotatable bonds is 18. The summed E-state index contributed by atoms with van der Waals surface area (Å²) in [6.45, 7) is 8.60. The van der Waals surface area contributed by atoms with Crippen LogP contribution in [0.5, 0.6) is 0 Å². The minimum absolute atomic E-state index is 1.01. The quantitative estimate of drug-likeness (QED) is 0.223. The first-order chi connectivity index (χ1) is 10.8. The predicted molar refractivity (Wildman–Crippen MR) is 103 cm³/mol. The molecular weight excluding hydrogens is 264 g/mol. The Morgan fingerprint density at radius 3 is 1.41 bits per heavy atom. The Morgan fingerprint density at radius 1 is 0.500 bits per heavy atom. The Morgan fingerprint density at radius 2 is 0.909 bits per heavy atom. The highest BCUT2D eigenvalue weighted by atomic mass is 14.1. The first-order valence-corrected chi connectivity index (χ1v) is 10.6. The van der Waals surface area contributed by atoms with Gasteiger partial charge in [-0.05, 0) is 5.92 Å². The van der Waals surface area contributed by atoms with Gasteiger partial charge in [0.25, 0.3) is 0 Å². The van der Waals surface area contributed by atoms with Crippen LogP contribution in [0.4, 0.5) is 0 Å². The number of unbranched alkanes of at least 4 members (excludes halogenated alkanes) is 12. The second-order valence-electron chi connectivity index (χ2n) is 7.33. The lowest BCUT2D eigenvalue weighted by Crippen LogP contribution is -2.01. The maximum atomic E-state index is 3.97. The van der Waals surface area contributed by atoms with Crippen molar-refractivity contribution in [1.82, 2.24) is 0 Å². The summed E-state index contributed by atoms with van der Waals surface area (Å²) >= 11 is 0. The molecule has 1 radical (unpaired) electrons. The zero-order valence-corrected chi connectivity index (χ0v) is 16.0. The summed E-state index contributed by atoms with van der Waals surface area (Å²) in [5.41, 5.74) is 0. The van der Waals surface area contributed by atoms with Gasteiger partial charge in [-0.3, -0.25) is 0 Å². The fraction of sp³-hybridized carbons (Fsp3) is 0.955. The van der Waals surface area contributed by atoms with Crippen LogP contribution in [-0.2, 0) is 0 Å². The zero-order valence-electron chi connectivity index (χ0n) is 16.0. The van der Waals surface area contributed by atoms with Gasteiger partial charge in [-0.25, -0.2) is 0 Å². The van der Waals surface area contributed by atoms with Crippen LogP contribution in [0.3, 0.4) is 0 Å². The largest absolute Gasteiger partial charge is 0.0654 e. The summed E-state index contributed by atoms with van der Waals surface area (Å²) in [4.78, 5) is 0. The maximum absolute atomic E-state index is 3.97. The first-order valence-electron chi connectivity index (χ1n) is 10.6. The molecule has 0 aromatic heterocycles. The van der Waals surface area contributed by atoms with E-state index in [1.807, 2.05) is 0 Å². The fourth-order valence-corrected chi connectivity index (χ4v) is 3.46. The van der Waals surface area contributed by atoms with Gasteiger partial charge in [-0.1, -0.05) is 136 Å². The van der Waals surface area contributed by atoms with E-state index in [2.05, 4.69) is 20.8 Å². The van der Waals surface area contributed by atoms with Crippen molar-refractivity contribution in [3.05, 3.63) is 6.92 Å². The van der Waals surface area contributed by atoms with Gasteiger partial charge in [0.2, 0.25) is 0 Å². The van der Waals surface area contributed by atoms with Crippen molar-refractivity contribution in [3.8, 4) is 0 Å². The molecule has 0 heterocycles. The summed E-state index contributed by atoms with van der Waals surface area (Å²) in [5.74, 6) is 1.01. The molecule has 0 N–H and O–H groups in total. The van der Waals surface area contributed by atoms with E-state index >= 15 is 0 Å². The fourth-order valence-electron chi connectivity index (χ4n) is 3.46. The molecule has 0 saturated heterocycles. The molecule has 0 spiro atoms. The first kappa shape index (κ1) is 22.0. The van der Waals surface area contributed by atoms with E-state index in [0.717, 1.165) is 12.3 Å². The van der Waals surface area contributed by atoms with Crippen molar-refractivity contribution in [1.29, 1.82) is 0 Å². The zero-order chi connectivity index (χ0) is 16.3. The van der Waals surface area contributed by atoms with Crippen LogP contribution in [0, 0.1) is 12.8 Å². The van der Waals surface area contributed by atoms with Crippen LogP contribution in [0.1, 0.15) is 129 Å². The van der Waals surface area contributed by atoms with E-state index < -0.39 is 0 Å². The Labute approximate surface area is 142 Å². The monoisotopic (exact) mass is 309 g/mol. The third kappa shape index (κ3) is 16.4. The van der Waals surface area contributed by atoms with E-state index in [-0.39, 0.29) is 0 Å². The van der Waals surface area contributed by atoms with Crippen molar-refractivity contribution in [3.63, 3.8) is 0 Å². The van der Waals surface area contributed by atoms with E-state index in [1.165, 1.54) is 109 Å². The molecule has 133 valence electrons. The van der Waals surface area contributed by atoms with E-state index in [0.29, 0.717) is 0 Å². The molecular formula is C22H45. The van der Waals surface area contributed by atoms with Gasteiger partial charge in [-0.2, -0.15) is 0 Å². The molecule has 22 heavy (non-hydrogen) atoms. The van der Waals surface area contributed by atoms with Crippen LogP contribution in [0.25, 0.3) is 0 Å². The molecule has 1 atom stereocenters. The lowest BCUT2D eigenvalue weighted by Gasteiger charge is -2.16. The Bertz CT molecular complexity index is 184. The summed E-state index contributed by atoms with van der Waals surface area (Å²) in [6.07, 6.45) is 25.7. The van der Waals surface area contributed by atoms with E-state index in [4.69, 9.17) is 0 Å². The average molecular weight is 310 g/mol. The smallest absolute Gasteiger partial charge is 0.0414 e. The Hall–Kier alpha value is 0. The molecule has 0 rings (SSSR count).